The van der Waals surface area contributed by atoms with Gasteiger partial charge in [0, 0.05) is 37.7 Å². The van der Waals surface area contributed by atoms with Gasteiger partial charge in [-0.25, -0.2) is 18.4 Å². The molecular weight excluding hydrogens is 340 g/mol. The van der Waals surface area contributed by atoms with Crippen molar-refractivity contribution < 1.29 is 13.2 Å². The predicted octanol–water partition coefficient (Wildman–Crippen LogP) is 2.02. The van der Waals surface area contributed by atoms with Crippen molar-refractivity contribution in [2.24, 2.45) is 0 Å². The molecule has 0 bridgehead atoms. The highest BCUT2D eigenvalue weighted by Gasteiger charge is 2.37. The van der Waals surface area contributed by atoms with Gasteiger partial charge >= 0.3 is 0 Å². The molecule has 0 aromatic carbocycles. The summed E-state index contributed by atoms with van der Waals surface area (Å²) in [6.07, 6.45) is 4.80. The highest BCUT2D eigenvalue weighted by molar-refractivity contribution is 7.91. The fourth-order valence-corrected chi connectivity index (χ4v) is 3.64. The Hall–Kier alpha value is -2.19. The number of aromatic nitrogens is 2. The summed E-state index contributed by atoms with van der Waals surface area (Å²) in [5.74, 6) is 1.28. The normalized spacial score (nSPS) is 16.9. The summed E-state index contributed by atoms with van der Waals surface area (Å²) in [6, 6.07) is 7.70. The van der Waals surface area contributed by atoms with Gasteiger partial charge in [-0.15, -0.1) is 0 Å². The van der Waals surface area contributed by atoms with Gasteiger partial charge < -0.3 is 10.1 Å². The first-order valence-electron chi connectivity index (χ1n) is 8.03. The molecule has 3 rings (SSSR count). The summed E-state index contributed by atoms with van der Waals surface area (Å²) in [5, 5.41) is 2.94. The van der Waals surface area contributed by atoms with Gasteiger partial charge in [-0.05, 0) is 24.6 Å². The lowest BCUT2D eigenvalue weighted by atomic mass is 10.0. The minimum Gasteiger partial charge on any atom is -0.481 e. The molecule has 1 unspecified atom stereocenters. The Morgan fingerprint density at radius 2 is 1.96 bits per heavy atom. The second-order valence-corrected chi connectivity index (χ2v) is 8.60. The molecule has 1 aliphatic rings. The molecule has 3 heterocycles. The van der Waals surface area contributed by atoms with Crippen molar-refractivity contribution in [3.8, 4) is 5.88 Å². The first-order valence-corrected chi connectivity index (χ1v) is 9.98. The van der Waals surface area contributed by atoms with Crippen LogP contribution < -0.4 is 10.1 Å². The molecule has 8 heteroatoms. The Morgan fingerprint density at radius 3 is 2.48 bits per heavy atom. The molecule has 0 aliphatic carbocycles. The van der Waals surface area contributed by atoms with Gasteiger partial charge in [-0.3, -0.25) is 4.90 Å². The van der Waals surface area contributed by atoms with E-state index in [1.807, 2.05) is 24.4 Å². The maximum absolute atomic E-state index is 11.5. The number of rotatable bonds is 6. The van der Waals surface area contributed by atoms with Crippen molar-refractivity contribution in [3.05, 3.63) is 42.2 Å². The Labute approximate surface area is 148 Å². The molecule has 0 spiro atoms. The van der Waals surface area contributed by atoms with Crippen LogP contribution in [0.15, 0.2) is 36.7 Å². The van der Waals surface area contributed by atoms with Crippen LogP contribution in [0.5, 0.6) is 5.88 Å². The molecule has 1 atom stereocenters. The predicted molar refractivity (Wildman–Crippen MR) is 96.9 cm³/mol. The van der Waals surface area contributed by atoms with E-state index in [-0.39, 0.29) is 11.3 Å². The van der Waals surface area contributed by atoms with E-state index in [1.54, 1.807) is 19.4 Å². The zero-order chi connectivity index (χ0) is 18.0. The quantitative estimate of drug-likeness (QED) is 0.841. The van der Waals surface area contributed by atoms with Crippen LogP contribution in [0.3, 0.4) is 0 Å². The lowest BCUT2D eigenvalue weighted by molar-refractivity contribution is 0.132. The van der Waals surface area contributed by atoms with Crippen molar-refractivity contribution in [1.29, 1.82) is 0 Å². The minimum atomic E-state index is -2.94. The van der Waals surface area contributed by atoms with Crippen molar-refractivity contribution in [1.82, 2.24) is 14.9 Å². The lowest BCUT2D eigenvalue weighted by Crippen LogP contribution is -2.54. The minimum absolute atomic E-state index is 0.141. The smallest absolute Gasteiger partial charge is 0.213 e. The highest BCUT2D eigenvalue weighted by atomic mass is 32.2. The molecule has 1 N–H and O–H groups in total. The Morgan fingerprint density at radius 1 is 1.20 bits per heavy atom. The SMILES string of the molecule is COc1ccc(Nc2ccc(C(C)N3CC(S(C)(=O)=O)C3)cn2)cn1. The fraction of sp³-hybridized carbons (Fsp3) is 0.412. The molecule has 0 saturated carbocycles. The first kappa shape index (κ1) is 17.6. The third-order valence-corrected chi connectivity index (χ3v) is 6.03. The van der Waals surface area contributed by atoms with Gasteiger partial charge in [0.1, 0.15) is 5.82 Å². The van der Waals surface area contributed by atoms with Gasteiger partial charge in [-0.2, -0.15) is 0 Å². The van der Waals surface area contributed by atoms with Crippen LogP contribution in [-0.4, -0.2) is 55.0 Å². The monoisotopic (exact) mass is 362 g/mol. The molecule has 1 aliphatic heterocycles. The third-order valence-electron chi connectivity index (χ3n) is 4.52. The number of sulfone groups is 1. The van der Waals surface area contributed by atoms with Crippen LogP contribution in [0, 0.1) is 0 Å². The molecule has 0 amide bonds. The van der Waals surface area contributed by atoms with Crippen LogP contribution >= 0.6 is 0 Å². The number of likely N-dealkylation sites (tertiary alicyclic amines) is 1. The number of hydrogen-bond acceptors (Lipinski definition) is 7. The van der Waals surface area contributed by atoms with E-state index in [0.717, 1.165) is 17.1 Å². The first-order chi connectivity index (χ1) is 11.9. The molecule has 0 radical (unpaired) electrons. The molecule has 134 valence electrons. The number of hydrogen-bond donors (Lipinski definition) is 1. The maximum atomic E-state index is 11.5. The Bertz CT molecular complexity index is 816. The largest absolute Gasteiger partial charge is 0.481 e. The average molecular weight is 362 g/mol. The van der Waals surface area contributed by atoms with Gasteiger partial charge in [0.15, 0.2) is 9.84 Å². The van der Waals surface area contributed by atoms with Gasteiger partial charge in [-0.1, -0.05) is 6.07 Å². The number of methoxy groups -OCH3 is 1. The van der Waals surface area contributed by atoms with E-state index < -0.39 is 9.84 Å². The number of ether oxygens (including phenoxy) is 1. The number of anilines is 2. The lowest BCUT2D eigenvalue weighted by Gasteiger charge is -2.42. The maximum Gasteiger partial charge on any atom is 0.213 e. The number of pyridine rings is 2. The molecule has 25 heavy (non-hydrogen) atoms. The van der Waals surface area contributed by atoms with Crippen LogP contribution in [0.1, 0.15) is 18.5 Å². The van der Waals surface area contributed by atoms with Gasteiger partial charge in [0.25, 0.3) is 0 Å². The Kier molecular flexibility index (Phi) is 4.91. The van der Waals surface area contributed by atoms with E-state index in [2.05, 4.69) is 27.1 Å². The van der Waals surface area contributed by atoms with Crippen molar-refractivity contribution >= 4 is 21.3 Å². The molecule has 2 aromatic heterocycles. The highest BCUT2D eigenvalue weighted by Crippen LogP contribution is 2.28. The number of nitrogens with one attached hydrogen (secondary N) is 1. The van der Waals surface area contributed by atoms with E-state index in [4.69, 9.17) is 4.74 Å². The topological polar surface area (TPSA) is 84.4 Å². The van der Waals surface area contributed by atoms with Crippen LogP contribution in [0.25, 0.3) is 0 Å². The second-order valence-electron chi connectivity index (χ2n) is 6.27. The third kappa shape index (κ3) is 4.08. The van der Waals surface area contributed by atoms with E-state index in [1.165, 1.54) is 6.26 Å². The van der Waals surface area contributed by atoms with Crippen LogP contribution in [0.2, 0.25) is 0 Å². The molecule has 1 saturated heterocycles. The summed E-state index contributed by atoms with van der Waals surface area (Å²) < 4.78 is 28.1. The van der Waals surface area contributed by atoms with Gasteiger partial charge in [0.2, 0.25) is 5.88 Å². The van der Waals surface area contributed by atoms with Crippen LogP contribution in [-0.2, 0) is 9.84 Å². The summed E-state index contributed by atoms with van der Waals surface area (Å²) in [4.78, 5) is 10.7. The summed E-state index contributed by atoms with van der Waals surface area (Å²) >= 11 is 0. The van der Waals surface area contributed by atoms with E-state index in [0.29, 0.717) is 19.0 Å². The Balaban J connectivity index is 1.60. The van der Waals surface area contributed by atoms with Gasteiger partial charge in [0.05, 0.1) is 24.2 Å². The summed E-state index contributed by atoms with van der Waals surface area (Å²) in [5.41, 5.74) is 1.89. The molecule has 2 aromatic rings. The average Bonchev–Trinajstić information content (AvgIpc) is 2.53. The standard InChI is InChI=1S/C17H22N4O3S/c1-12(21-10-15(11-21)25(3,22)23)13-4-6-16(18-8-13)20-14-5-7-17(24-2)19-9-14/h4-9,12,15H,10-11H2,1-3H3,(H,18,20). The second kappa shape index (κ2) is 6.97. The zero-order valence-electron chi connectivity index (χ0n) is 14.5. The molecule has 7 nitrogen and oxygen atoms in total. The summed E-state index contributed by atoms with van der Waals surface area (Å²) in [7, 11) is -1.37. The van der Waals surface area contributed by atoms with Crippen molar-refractivity contribution in [2.45, 2.75) is 18.2 Å². The van der Waals surface area contributed by atoms with Crippen molar-refractivity contribution in [2.75, 3.05) is 31.8 Å². The van der Waals surface area contributed by atoms with Crippen LogP contribution in [0.4, 0.5) is 11.5 Å². The van der Waals surface area contributed by atoms with Crippen molar-refractivity contribution in [3.63, 3.8) is 0 Å². The molecular formula is C17H22N4O3S. The number of nitrogens with zero attached hydrogens (tertiary/aromatic N) is 3. The van der Waals surface area contributed by atoms with E-state index in [9.17, 15) is 8.42 Å². The molecule has 1 fully saturated rings. The summed E-state index contributed by atoms with van der Waals surface area (Å²) in [6.45, 7) is 3.23. The van der Waals surface area contributed by atoms with E-state index >= 15 is 0 Å². The zero-order valence-corrected chi connectivity index (χ0v) is 15.3. The fourth-order valence-electron chi connectivity index (χ4n) is 2.72.